The van der Waals surface area contributed by atoms with Crippen LogP contribution in [-0.4, -0.2) is 55.0 Å². The van der Waals surface area contributed by atoms with Crippen molar-refractivity contribution in [1.82, 2.24) is 14.9 Å². The molecule has 0 fully saturated rings. The van der Waals surface area contributed by atoms with E-state index in [0.29, 0.717) is 6.54 Å². The Balaban J connectivity index is 3.24. The third-order valence-electron chi connectivity index (χ3n) is 3.40. The molecule has 0 aromatic carbocycles. The van der Waals surface area contributed by atoms with Crippen LogP contribution >= 0.6 is 0 Å². The van der Waals surface area contributed by atoms with E-state index < -0.39 is 0 Å². The maximum atomic E-state index is 12.0. The molecule has 0 unspecified atom stereocenters. The Hall–Kier alpha value is -1.85. The number of nitrogens with zero attached hydrogens (tertiary/aromatic N) is 4. The number of carbonyl (C=O) groups excluding carboxylic acids is 1. The highest BCUT2D eigenvalue weighted by Gasteiger charge is 2.19. The number of amides is 1. The van der Waals surface area contributed by atoms with Crippen molar-refractivity contribution in [3.63, 3.8) is 0 Å². The summed E-state index contributed by atoms with van der Waals surface area (Å²) in [4.78, 5) is 24.8. The van der Waals surface area contributed by atoms with E-state index in [1.54, 1.807) is 19.0 Å². The van der Waals surface area contributed by atoms with E-state index in [2.05, 4.69) is 29.1 Å². The fraction of sp³-hybridized carbons (Fsp3) is 0.667. The Bertz CT molecular complexity index is 499. The van der Waals surface area contributed by atoms with E-state index in [1.807, 2.05) is 25.8 Å². The first-order chi connectivity index (χ1) is 9.81. The molecule has 0 aliphatic rings. The van der Waals surface area contributed by atoms with E-state index in [9.17, 15) is 4.79 Å². The number of anilines is 2. The summed E-state index contributed by atoms with van der Waals surface area (Å²) in [6.45, 7) is 9.18. The average Bonchev–Trinajstić information content (AvgIpc) is 2.44. The van der Waals surface area contributed by atoms with Crippen LogP contribution in [0.25, 0.3) is 0 Å². The number of aromatic nitrogens is 2. The van der Waals surface area contributed by atoms with Crippen LogP contribution in [0.2, 0.25) is 0 Å². The molecule has 0 saturated heterocycles. The standard InChI is InChI=1S/C15H27N5O/c1-8-20(9-12(21)19(6)7)15-11(4)14(16-5)17-13(18-15)10(2)3/h10H,8-9H2,1-7H3,(H,16,17,18). The van der Waals surface area contributed by atoms with E-state index >= 15 is 0 Å². The molecule has 1 N–H and O–H groups in total. The van der Waals surface area contributed by atoms with Crippen LogP contribution in [0, 0.1) is 6.92 Å². The lowest BCUT2D eigenvalue weighted by atomic mass is 10.2. The van der Waals surface area contributed by atoms with Crippen LogP contribution in [0.3, 0.4) is 0 Å². The highest BCUT2D eigenvalue weighted by molar-refractivity contribution is 5.81. The maximum Gasteiger partial charge on any atom is 0.241 e. The van der Waals surface area contributed by atoms with Gasteiger partial charge in [0, 0.05) is 39.2 Å². The van der Waals surface area contributed by atoms with Gasteiger partial charge in [0.2, 0.25) is 5.91 Å². The van der Waals surface area contributed by atoms with E-state index in [0.717, 1.165) is 29.6 Å². The molecule has 0 spiro atoms. The summed E-state index contributed by atoms with van der Waals surface area (Å²) >= 11 is 0. The molecule has 0 aliphatic heterocycles. The lowest BCUT2D eigenvalue weighted by molar-refractivity contribution is -0.127. The van der Waals surface area contributed by atoms with Gasteiger partial charge in [-0.3, -0.25) is 4.79 Å². The van der Waals surface area contributed by atoms with Gasteiger partial charge in [-0.2, -0.15) is 0 Å². The minimum Gasteiger partial charge on any atom is -0.373 e. The summed E-state index contributed by atoms with van der Waals surface area (Å²) in [6, 6.07) is 0. The molecule has 0 atom stereocenters. The van der Waals surface area contributed by atoms with Gasteiger partial charge in [-0.1, -0.05) is 13.8 Å². The number of rotatable bonds is 6. The Morgan fingerprint density at radius 2 is 1.90 bits per heavy atom. The van der Waals surface area contributed by atoms with Gasteiger partial charge in [0.05, 0.1) is 6.54 Å². The summed E-state index contributed by atoms with van der Waals surface area (Å²) < 4.78 is 0. The Labute approximate surface area is 127 Å². The Kier molecular flexibility index (Phi) is 5.93. The van der Waals surface area contributed by atoms with Crippen molar-refractivity contribution in [1.29, 1.82) is 0 Å². The molecule has 118 valence electrons. The molecule has 1 heterocycles. The SMILES string of the molecule is CCN(CC(=O)N(C)C)c1nc(C(C)C)nc(NC)c1C. The minimum atomic E-state index is 0.0620. The number of hydrogen-bond donors (Lipinski definition) is 1. The van der Waals surface area contributed by atoms with Crippen molar-refractivity contribution in [2.45, 2.75) is 33.6 Å². The summed E-state index contributed by atoms with van der Waals surface area (Å²) in [5, 5.41) is 3.11. The van der Waals surface area contributed by atoms with Crippen molar-refractivity contribution in [2.75, 3.05) is 44.4 Å². The molecule has 0 radical (unpaired) electrons. The molecule has 6 nitrogen and oxygen atoms in total. The first kappa shape index (κ1) is 17.2. The van der Waals surface area contributed by atoms with Gasteiger partial charge in [-0.05, 0) is 13.8 Å². The van der Waals surface area contributed by atoms with Crippen molar-refractivity contribution in [3.05, 3.63) is 11.4 Å². The summed E-state index contributed by atoms with van der Waals surface area (Å²) in [5.41, 5.74) is 0.968. The fourth-order valence-electron chi connectivity index (χ4n) is 1.97. The van der Waals surface area contributed by atoms with Crippen LogP contribution in [0.4, 0.5) is 11.6 Å². The number of likely N-dealkylation sites (N-methyl/N-ethyl adjacent to an activating group) is 2. The van der Waals surface area contributed by atoms with Gasteiger partial charge in [0.25, 0.3) is 0 Å². The third kappa shape index (κ3) is 4.06. The second-order valence-corrected chi connectivity index (χ2v) is 5.59. The molecule has 1 aromatic rings. The smallest absolute Gasteiger partial charge is 0.241 e. The maximum absolute atomic E-state index is 12.0. The predicted octanol–water partition coefficient (Wildman–Crippen LogP) is 1.86. The van der Waals surface area contributed by atoms with Crippen molar-refractivity contribution in [2.24, 2.45) is 0 Å². The highest BCUT2D eigenvalue weighted by Crippen LogP contribution is 2.25. The van der Waals surface area contributed by atoms with E-state index in [-0.39, 0.29) is 11.8 Å². The van der Waals surface area contributed by atoms with Gasteiger partial charge in [0.15, 0.2) is 0 Å². The predicted molar refractivity (Wildman–Crippen MR) is 87.0 cm³/mol. The largest absolute Gasteiger partial charge is 0.373 e. The third-order valence-corrected chi connectivity index (χ3v) is 3.40. The van der Waals surface area contributed by atoms with Crippen molar-refractivity contribution in [3.8, 4) is 0 Å². The second kappa shape index (κ2) is 7.24. The molecule has 21 heavy (non-hydrogen) atoms. The number of carbonyl (C=O) groups is 1. The lowest BCUT2D eigenvalue weighted by Gasteiger charge is -2.26. The van der Waals surface area contributed by atoms with Crippen molar-refractivity contribution < 1.29 is 4.79 Å². The van der Waals surface area contributed by atoms with Crippen LogP contribution < -0.4 is 10.2 Å². The normalized spacial score (nSPS) is 10.7. The monoisotopic (exact) mass is 293 g/mol. The molecular weight excluding hydrogens is 266 g/mol. The quantitative estimate of drug-likeness (QED) is 0.867. The van der Waals surface area contributed by atoms with Gasteiger partial charge in [-0.15, -0.1) is 0 Å². The molecule has 1 aromatic heterocycles. The topological polar surface area (TPSA) is 61.4 Å². The zero-order valence-corrected chi connectivity index (χ0v) is 14.2. The number of nitrogens with one attached hydrogen (secondary N) is 1. The van der Waals surface area contributed by atoms with Crippen LogP contribution in [0.15, 0.2) is 0 Å². The second-order valence-electron chi connectivity index (χ2n) is 5.59. The van der Waals surface area contributed by atoms with Crippen LogP contribution in [0.1, 0.15) is 38.1 Å². The molecule has 1 amide bonds. The van der Waals surface area contributed by atoms with Gasteiger partial charge in [0.1, 0.15) is 17.5 Å². The molecule has 0 saturated carbocycles. The van der Waals surface area contributed by atoms with Gasteiger partial charge >= 0.3 is 0 Å². The molecular formula is C15H27N5O. The average molecular weight is 293 g/mol. The van der Waals surface area contributed by atoms with Crippen LogP contribution in [0.5, 0.6) is 0 Å². The summed E-state index contributed by atoms with van der Waals surface area (Å²) in [7, 11) is 5.38. The summed E-state index contributed by atoms with van der Waals surface area (Å²) in [5.74, 6) is 2.73. The molecule has 6 heteroatoms. The number of hydrogen-bond acceptors (Lipinski definition) is 5. The lowest BCUT2D eigenvalue weighted by Crippen LogP contribution is -2.37. The Morgan fingerprint density at radius 1 is 1.29 bits per heavy atom. The zero-order valence-electron chi connectivity index (χ0n) is 14.2. The molecule has 1 rings (SSSR count). The minimum absolute atomic E-state index is 0.0620. The highest BCUT2D eigenvalue weighted by atomic mass is 16.2. The van der Waals surface area contributed by atoms with Crippen LogP contribution in [-0.2, 0) is 4.79 Å². The van der Waals surface area contributed by atoms with E-state index in [1.165, 1.54) is 0 Å². The van der Waals surface area contributed by atoms with Crippen molar-refractivity contribution >= 4 is 17.5 Å². The fourth-order valence-corrected chi connectivity index (χ4v) is 1.97. The first-order valence-corrected chi connectivity index (χ1v) is 7.33. The summed E-state index contributed by atoms with van der Waals surface area (Å²) in [6.07, 6.45) is 0. The van der Waals surface area contributed by atoms with Gasteiger partial charge < -0.3 is 15.1 Å². The Morgan fingerprint density at radius 3 is 2.33 bits per heavy atom. The first-order valence-electron chi connectivity index (χ1n) is 7.33. The van der Waals surface area contributed by atoms with Gasteiger partial charge in [-0.25, -0.2) is 9.97 Å². The van der Waals surface area contributed by atoms with E-state index in [4.69, 9.17) is 0 Å². The molecule has 0 aliphatic carbocycles. The molecule has 0 bridgehead atoms. The zero-order chi connectivity index (χ0) is 16.2.